The van der Waals surface area contributed by atoms with Gasteiger partial charge in [-0.1, -0.05) is 45.6 Å². The lowest BCUT2D eigenvalue weighted by molar-refractivity contribution is -0.156. The highest BCUT2D eigenvalue weighted by Gasteiger charge is 2.36. The van der Waals surface area contributed by atoms with Crippen LogP contribution in [0.5, 0.6) is 11.5 Å². The Labute approximate surface area is 236 Å². The molecule has 0 aliphatic carbocycles. The van der Waals surface area contributed by atoms with Crippen LogP contribution in [0.3, 0.4) is 0 Å². The zero-order valence-electron chi connectivity index (χ0n) is 24.7. The largest absolute Gasteiger partial charge is 0.513 e. The van der Waals surface area contributed by atoms with Gasteiger partial charge < -0.3 is 34.2 Å². The maximum absolute atomic E-state index is 12.6. The topological polar surface area (TPSA) is 150 Å². The molecule has 226 valence electrons. The van der Waals surface area contributed by atoms with Gasteiger partial charge in [0.15, 0.2) is 11.5 Å². The third-order valence-electron chi connectivity index (χ3n) is 5.84. The van der Waals surface area contributed by atoms with Gasteiger partial charge in [0.05, 0.1) is 32.3 Å². The molecule has 0 bridgehead atoms. The van der Waals surface area contributed by atoms with E-state index in [1.165, 1.54) is 19.2 Å². The number of hydrogen-bond donors (Lipinski definition) is 1. The first kappa shape index (κ1) is 34.7. The lowest BCUT2D eigenvalue weighted by Crippen LogP contribution is -2.51. The summed E-state index contributed by atoms with van der Waals surface area (Å²) >= 11 is 0. The zero-order chi connectivity index (χ0) is 30.2. The number of ether oxygens (including phenoxy) is 6. The molecule has 1 aromatic rings. The summed E-state index contributed by atoms with van der Waals surface area (Å²) in [5, 5.41) is 0. The number of carbonyl (C=O) groups excluding carboxylic acids is 4. The Kier molecular flexibility index (Phi) is 15.1. The van der Waals surface area contributed by atoms with Crippen molar-refractivity contribution in [2.45, 2.75) is 91.5 Å². The second kappa shape index (κ2) is 17.4. The lowest BCUT2D eigenvalue weighted by atomic mass is 9.88. The number of unbranched alkanes of at least 4 members (excludes halogenated alkanes) is 4. The number of benzene rings is 1. The fraction of sp³-hybridized carbons (Fsp3) is 0.655. The SMILES string of the molecule is CCCCCOC(=O)Oc1ccc(C[C@](N)(CCOC(=O)C(C)(C)C)C(=O)OC)cc1OC(=O)OCCCCC. The zero-order valence-corrected chi connectivity index (χ0v) is 24.7. The Morgan fingerprint density at radius 3 is 1.80 bits per heavy atom. The summed E-state index contributed by atoms with van der Waals surface area (Å²) in [5.41, 5.74) is 4.61. The molecule has 0 fully saturated rings. The standard InChI is InChI=1S/C29H45NO10/c1-7-9-11-16-37-26(33)39-22-14-13-21(19-23(22)40-27(34)38-17-12-10-8-2)20-29(30,25(32)35-6)15-18-36-24(31)28(3,4)5/h13-14,19H,7-12,15-18,20,30H2,1-6H3/t29-/m1/s1. The molecule has 2 N–H and O–H groups in total. The van der Waals surface area contributed by atoms with Crippen LogP contribution in [-0.4, -0.2) is 56.7 Å². The second-order valence-electron chi connectivity index (χ2n) is 10.6. The number of hydrogen-bond acceptors (Lipinski definition) is 11. The molecule has 1 rings (SSSR count). The summed E-state index contributed by atoms with van der Waals surface area (Å²) in [4.78, 5) is 49.3. The van der Waals surface area contributed by atoms with Crippen LogP contribution in [0.4, 0.5) is 9.59 Å². The van der Waals surface area contributed by atoms with Gasteiger partial charge in [-0.15, -0.1) is 0 Å². The first-order valence-electron chi connectivity index (χ1n) is 13.7. The molecule has 0 heterocycles. The van der Waals surface area contributed by atoms with Crippen LogP contribution >= 0.6 is 0 Å². The fourth-order valence-electron chi connectivity index (χ4n) is 3.45. The molecule has 11 nitrogen and oxygen atoms in total. The van der Waals surface area contributed by atoms with Crippen LogP contribution in [0, 0.1) is 5.41 Å². The minimum atomic E-state index is -1.56. The lowest BCUT2D eigenvalue weighted by Gasteiger charge is -2.27. The average molecular weight is 568 g/mol. The molecule has 0 saturated carbocycles. The third-order valence-corrected chi connectivity index (χ3v) is 5.84. The van der Waals surface area contributed by atoms with Crippen molar-refractivity contribution in [2.75, 3.05) is 26.9 Å². The van der Waals surface area contributed by atoms with E-state index in [9.17, 15) is 19.2 Å². The van der Waals surface area contributed by atoms with Gasteiger partial charge >= 0.3 is 24.2 Å². The molecule has 0 spiro atoms. The molecule has 1 aromatic carbocycles. The highest BCUT2D eigenvalue weighted by Crippen LogP contribution is 2.31. The van der Waals surface area contributed by atoms with Crippen molar-refractivity contribution in [3.63, 3.8) is 0 Å². The molecule has 0 saturated heterocycles. The van der Waals surface area contributed by atoms with Crippen molar-refractivity contribution in [1.82, 2.24) is 0 Å². The van der Waals surface area contributed by atoms with Crippen LogP contribution in [0.15, 0.2) is 18.2 Å². The minimum Gasteiger partial charge on any atom is -0.468 e. The van der Waals surface area contributed by atoms with Gasteiger partial charge in [-0.25, -0.2) is 9.59 Å². The minimum absolute atomic E-state index is 0.0283. The summed E-state index contributed by atoms with van der Waals surface area (Å²) in [6.07, 6.45) is 3.05. The van der Waals surface area contributed by atoms with E-state index in [1.54, 1.807) is 26.8 Å². The van der Waals surface area contributed by atoms with Gasteiger partial charge in [0.1, 0.15) is 5.54 Å². The van der Waals surface area contributed by atoms with Crippen molar-refractivity contribution in [2.24, 2.45) is 11.1 Å². The third kappa shape index (κ3) is 12.7. The molecule has 0 aromatic heterocycles. The van der Waals surface area contributed by atoms with E-state index in [4.69, 9.17) is 34.2 Å². The molecule has 0 amide bonds. The Balaban J connectivity index is 3.11. The van der Waals surface area contributed by atoms with Crippen molar-refractivity contribution in [1.29, 1.82) is 0 Å². The predicted molar refractivity (Wildman–Crippen MR) is 147 cm³/mol. The summed E-state index contributed by atoms with van der Waals surface area (Å²) < 4.78 is 31.0. The number of nitrogens with two attached hydrogens (primary N) is 1. The Morgan fingerprint density at radius 2 is 1.30 bits per heavy atom. The Hall–Kier alpha value is -3.34. The van der Waals surface area contributed by atoms with Gasteiger partial charge in [-0.2, -0.15) is 0 Å². The van der Waals surface area contributed by atoms with Gasteiger partial charge in [0, 0.05) is 12.8 Å². The fourth-order valence-corrected chi connectivity index (χ4v) is 3.45. The van der Waals surface area contributed by atoms with Crippen LogP contribution in [-0.2, 0) is 35.0 Å². The van der Waals surface area contributed by atoms with E-state index in [-0.39, 0.29) is 44.2 Å². The maximum Gasteiger partial charge on any atom is 0.513 e. The van der Waals surface area contributed by atoms with Gasteiger partial charge in [-0.3, -0.25) is 9.59 Å². The monoisotopic (exact) mass is 567 g/mol. The van der Waals surface area contributed by atoms with Crippen LogP contribution in [0.25, 0.3) is 0 Å². The van der Waals surface area contributed by atoms with E-state index >= 15 is 0 Å². The Bertz CT molecular complexity index is 972. The number of carbonyl (C=O) groups is 4. The summed E-state index contributed by atoms with van der Waals surface area (Å²) in [7, 11) is 1.21. The number of rotatable bonds is 16. The molecule has 0 aliphatic rings. The summed E-state index contributed by atoms with van der Waals surface area (Å²) in [5.74, 6) is -1.34. The Morgan fingerprint density at radius 1 is 0.750 bits per heavy atom. The predicted octanol–water partition coefficient (Wildman–Crippen LogP) is 5.49. The molecular weight excluding hydrogens is 522 g/mol. The first-order chi connectivity index (χ1) is 18.9. The van der Waals surface area contributed by atoms with Crippen LogP contribution in [0.1, 0.15) is 85.1 Å². The number of methoxy groups -OCH3 is 1. The molecule has 0 aliphatic heterocycles. The van der Waals surface area contributed by atoms with Gasteiger partial charge in [0.2, 0.25) is 0 Å². The van der Waals surface area contributed by atoms with Crippen molar-refractivity contribution in [3.05, 3.63) is 23.8 Å². The highest BCUT2D eigenvalue weighted by molar-refractivity contribution is 5.81. The quantitative estimate of drug-likeness (QED) is 0.117. The van der Waals surface area contributed by atoms with Crippen molar-refractivity contribution in [3.8, 4) is 11.5 Å². The van der Waals surface area contributed by atoms with Crippen LogP contribution < -0.4 is 15.2 Å². The van der Waals surface area contributed by atoms with E-state index in [0.29, 0.717) is 18.4 Å². The molecule has 11 heteroatoms. The summed E-state index contributed by atoms with van der Waals surface area (Å²) in [6, 6.07) is 4.38. The maximum atomic E-state index is 12.6. The van der Waals surface area contributed by atoms with Gasteiger partial charge in [0.25, 0.3) is 0 Å². The normalized spacial score (nSPS) is 12.6. The second-order valence-corrected chi connectivity index (χ2v) is 10.6. The molecule has 0 unspecified atom stereocenters. The van der Waals surface area contributed by atoms with E-state index in [1.807, 2.05) is 13.8 Å². The highest BCUT2D eigenvalue weighted by atomic mass is 16.7. The molecule has 40 heavy (non-hydrogen) atoms. The molecule has 1 atom stereocenters. The number of esters is 2. The van der Waals surface area contributed by atoms with E-state index in [2.05, 4.69) is 0 Å². The van der Waals surface area contributed by atoms with E-state index in [0.717, 1.165) is 25.7 Å². The summed E-state index contributed by atoms with van der Waals surface area (Å²) in [6.45, 7) is 9.44. The molecular formula is C29H45NO10. The van der Waals surface area contributed by atoms with Crippen LogP contribution in [0.2, 0.25) is 0 Å². The smallest absolute Gasteiger partial charge is 0.468 e. The van der Waals surface area contributed by atoms with Gasteiger partial charge in [-0.05, 0) is 51.3 Å². The van der Waals surface area contributed by atoms with E-state index < -0.39 is 35.2 Å². The molecule has 0 radical (unpaired) electrons. The average Bonchev–Trinajstić information content (AvgIpc) is 2.89. The van der Waals surface area contributed by atoms with Crippen molar-refractivity contribution >= 4 is 24.2 Å². The van der Waals surface area contributed by atoms with Crippen molar-refractivity contribution < 1.29 is 47.6 Å². The first-order valence-corrected chi connectivity index (χ1v) is 13.7.